The zero-order valence-electron chi connectivity index (χ0n) is 9.46. The largest absolute Gasteiger partial charge is 0.136 e. The van der Waals surface area contributed by atoms with Gasteiger partial charge < -0.3 is 0 Å². The van der Waals surface area contributed by atoms with Gasteiger partial charge in [0.2, 0.25) is 0 Å². The predicted molar refractivity (Wildman–Crippen MR) is 72.3 cm³/mol. The van der Waals surface area contributed by atoms with Crippen LogP contribution in [0.3, 0.4) is 0 Å². The Morgan fingerprint density at radius 2 is 1.93 bits per heavy atom. The van der Waals surface area contributed by atoms with E-state index in [2.05, 4.69) is 38.1 Å². The second-order valence-electron chi connectivity index (χ2n) is 4.00. The van der Waals surface area contributed by atoms with Crippen LogP contribution in [0.2, 0.25) is 0 Å². The molecular weight excluding hydrogens is 224 g/mol. The molecule has 0 bridgehead atoms. The molecule has 1 aromatic rings. The zero-order valence-corrected chi connectivity index (χ0v) is 11.0. The van der Waals surface area contributed by atoms with Gasteiger partial charge in [-0.05, 0) is 35.1 Å². The molecule has 0 N–H and O–H groups in total. The molecule has 0 atom stereocenters. The van der Waals surface area contributed by atoms with Gasteiger partial charge in [0.15, 0.2) is 0 Å². The molecule has 0 heterocycles. The average molecular weight is 241 g/mol. The first-order valence-corrected chi connectivity index (χ1v) is 6.78. The van der Waals surface area contributed by atoms with Gasteiger partial charge in [0, 0.05) is 0 Å². The summed E-state index contributed by atoms with van der Waals surface area (Å²) in [6, 6.07) is 8.50. The molecule has 0 unspecified atom stereocenters. The molecule has 15 heavy (non-hydrogen) atoms. The lowest BCUT2D eigenvalue weighted by molar-refractivity contribution is 0.647. The standard InChI is InChI=1S/C13H17ClS/c1-10(2)8-11-4-6-12(7-5-11)13(14)9-15-3/h4-7,9-10H,8H2,1-3H3. The molecule has 0 saturated heterocycles. The van der Waals surface area contributed by atoms with Gasteiger partial charge in [-0.3, -0.25) is 0 Å². The van der Waals surface area contributed by atoms with E-state index in [1.165, 1.54) is 5.56 Å². The molecule has 0 aliphatic rings. The fourth-order valence-electron chi connectivity index (χ4n) is 1.44. The molecule has 0 aliphatic carbocycles. The first kappa shape index (κ1) is 12.7. The van der Waals surface area contributed by atoms with Crippen molar-refractivity contribution in [3.8, 4) is 0 Å². The highest BCUT2D eigenvalue weighted by atomic mass is 35.5. The van der Waals surface area contributed by atoms with E-state index in [1.54, 1.807) is 11.8 Å². The van der Waals surface area contributed by atoms with Crippen molar-refractivity contribution in [3.63, 3.8) is 0 Å². The number of benzene rings is 1. The van der Waals surface area contributed by atoms with Crippen LogP contribution < -0.4 is 0 Å². The molecule has 0 saturated carbocycles. The lowest BCUT2D eigenvalue weighted by Crippen LogP contribution is -1.93. The first-order chi connectivity index (χ1) is 7.13. The molecule has 0 aliphatic heterocycles. The number of hydrogen-bond acceptors (Lipinski definition) is 1. The Bertz CT molecular complexity index is 325. The Morgan fingerprint density at radius 1 is 1.33 bits per heavy atom. The summed E-state index contributed by atoms with van der Waals surface area (Å²) in [7, 11) is 0. The van der Waals surface area contributed by atoms with Crippen LogP contribution in [0, 0.1) is 5.92 Å². The van der Waals surface area contributed by atoms with Gasteiger partial charge in [-0.2, -0.15) is 0 Å². The highest BCUT2D eigenvalue weighted by Gasteiger charge is 2.00. The summed E-state index contributed by atoms with van der Waals surface area (Å²) in [5.41, 5.74) is 2.47. The van der Waals surface area contributed by atoms with Crippen LogP contribution in [0.1, 0.15) is 25.0 Å². The summed E-state index contributed by atoms with van der Waals surface area (Å²) < 4.78 is 0. The van der Waals surface area contributed by atoms with Crippen molar-refractivity contribution in [3.05, 3.63) is 40.8 Å². The highest BCUT2D eigenvalue weighted by Crippen LogP contribution is 2.22. The third kappa shape index (κ3) is 4.31. The summed E-state index contributed by atoms with van der Waals surface area (Å²) in [4.78, 5) is 0. The van der Waals surface area contributed by atoms with Crippen molar-refractivity contribution in [2.75, 3.05) is 6.26 Å². The topological polar surface area (TPSA) is 0 Å². The Morgan fingerprint density at radius 3 is 2.40 bits per heavy atom. The quantitative estimate of drug-likeness (QED) is 0.730. The third-order valence-corrected chi connectivity index (χ3v) is 3.02. The molecule has 0 amide bonds. The normalized spacial score (nSPS) is 12.2. The number of halogens is 1. The van der Waals surface area contributed by atoms with E-state index in [1.807, 2.05) is 11.7 Å². The van der Waals surface area contributed by atoms with Crippen molar-refractivity contribution in [1.82, 2.24) is 0 Å². The van der Waals surface area contributed by atoms with E-state index < -0.39 is 0 Å². The van der Waals surface area contributed by atoms with Crippen molar-refractivity contribution < 1.29 is 0 Å². The molecule has 1 rings (SSSR count). The zero-order chi connectivity index (χ0) is 11.3. The van der Waals surface area contributed by atoms with Gasteiger partial charge in [0.25, 0.3) is 0 Å². The van der Waals surface area contributed by atoms with Crippen LogP contribution in [0.15, 0.2) is 29.7 Å². The molecular formula is C13H17ClS. The molecule has 1 aromatic carbocycles. The average Bonchev–Trinajstić information content (AvgIpc) is 2.18. The summed E-state index contributed by atoms with van der Waals surface area (Å²) in [6.45, 7) is 4.46. The molecule has 82 valence electrons. The molecule has 0 radical (unpaired) electrons. The van der Waals surface area contributed by atoms with Gasteiger partial charge in [-0.1, -0.05) is 49.7 Å². The Hall–Kier alpha value is -0.400. The van der Waals surface area contributed by atoms with Crippen molar-refractivity contribution in [2.45, 2.75) is 20.3 Å². The summed E-state index contributed by atoms with van der Waals surface area (Å²) in [5, 5.41) is 2.78. The highest BCUT2D eigenvalue weighted by molar-refractivity contribution is 8.01. The molecule has 0 aromatic heterocycles. The van der Waals surface area contributed by atoms with Crippen LogP contribution in [-0.4, -0.2) is 6.26 Å². The molecule has 0 nitrogen and oxygen atoms in total. The Kier molecular flexibility index (Phi) is 5.27. The minimum absolute atomic E-state index is 0.702. The predicted octanol–water partition coefficient (Wildman–Crippen LogP) is 4.79. The van der Waals surface area contributed by atoms with E-state index in [0.29, 0.717) is 5.92 Å². The second kappa shape index (κ2) is 6.24. The van der Waals surface area contributed by atoms with Gasteiger partial charge in [-0.25, -0.2) is 0 Å². The summed E-state index contributed by atoms with van der Waals surface area (Å²) >= 11 is 7.73. The fourth-order valence-corrected chi connectivity index (χ4v) is 2.18. The minimum Gasteiger partial charge on any atom is -0.136 e. The van der Waals surface area contributed by atoms with Gasteiger partial charge >= 0.3 is 0 Å². The fraction of sp³-hybridized carbons (Fsp3) is 0.385. The van der Waals surface area contributed by atoms with Gasteiger partial charge in [0.05, 0.1) is 5.03 Å². The molecule has 0 spiro atoms. The van der Waals surface area contributed by atoms with Crippen LogP contribution in [0.5, 0.6) is 0 Å². The monoisotopic (exact) mass is 240 g/mol. The number of hydrogen-bond donors (Lipinski definition) is 0. The number of thioether (sulfide) groups is 1. The van der Waals surface area contributed by atoms with Crippen LogP contribution in [0.25, 0.3) is 5.03 Å². The molecule has 2 heteroatoms. The van der Waals surface area contributed by atoms with E-state index >= 15 is 0 Å². The maximum Gasteiger partial charge on any atom is 0.0541 e. The lowest BCUT2D eigenvalue weighted by Gasteiger charge is -2.05. The Balaban J connectivity index is 2.76. The van der Waals surface area contributed by atoms with Crippen LogP contribution >= 0.6 is 23.4 Å². The van der Waals surface area contributed by atoms with Gasteiger partial charge in [0.1, 0.15) is 0 Å². The third-order valence-electron chi connectivity index (χ3n) is 2.09. The maximum absolute atomic E-state index is 6.10. The van der Waals surface area contributed by atoms with E-state index in [9.17, 15) is 0 Å². The van der Waals surface area contributed by atoms with E-state index in [4.69, 9.17) is 11.6 Å². The van der Waals surface area contributed by atoms with E-state index in [-0.39, 0.29) is 0 Å². The van der Waals surface area contributed by atoms with Crippen molar-refractivity contribution in [1.29, 1.82) is 0 Å². The minimum atomic E-state index is 0.702. The SMILES string of the molecule is CSC=C(Cl)c1ccc(CC(C)C)cc1. The maximum atomic E-state index is 6.10. The van der Waals surface area contributed by atoms with E-state index in [0.717, 1.165) is 17.0 Å². The smallest absolute Gasteiger partial charge is 0.0541 e. The summed E-state index contributed by atoms with van der Waals surface area (Å²) in [5.74, 6) is 0.702. The van der Waals surface area contributed by atoms with Gasteiger partial charge in [-0.15, -0.1) is 11.8 Å². The van der Waals surface area contributed by atoms with Crippen molar-refractivity contribution >= 4 is 28.4 Å². The van der Waals surface area contributed by atoms with Crippen molar-refractivity contribution in [2.24, 2.45) is 5.92 Å². The second-order valence-corrected chi connectivity index (χ2v) is 5.11. The lowest BCUT2D eigenvalue weighted by atomic mass is 10.0. The number of rotatable bonds is 4. The first-order valence-electron chi connectivity index (χ1n) is 5.11. The van der Waals surface area contributed by atoms with Crippen LogP contribution in [-0.2, 0) is 6.42 Å². The Labute approximate surface area is 102 Å². The van der Waals surface area contributed by atoms with Crippen LogP contribution in [0.4, 0.5) is 0 Å². The molecule has 0 fully saturated rings. The summed E-state index contributed by atoms with van der Waals surface area (Å²) in [6.07, 6.45) is 3.14.